The van der Waals surface area contributed by atoms with Crippen LogP contribution in [-0.2, 0) is 19.3 Å². The number of halogens is 3. The van der Waals surface area contributed by atoms with E-state index in [1.807, 2.05) is 83.4 Å². The van der Waals surface area contributed by atoms with Gasteiger partial charge in [-0.15, -0.1) is 0 Å². The van der Waals surface area contributed by atoms with Gasteiger partial charge in [0.25, 0.3) is 0 Å². The number of fused-ring (bicyclic) bond motifs is 1. The molecule has 42 heavy (non-hydrogen) atoms. The van der Waals surface area contributed by atoms with Crippen molar-refractivity contribution in [2.24, 2.45) is 0 Å². The van der Waals surface area contributed by atoms with Crippen LogP contribution in [-0.4, -0.2) is 19.5 Å². The maximum absolute atomic E-state index is 13.1. The minimum Gasteiger partial charge on any atom is -0.399 e. The summed E-state index contributed by atoms with van der Waals surface area (Å²) in [7, 11) is 0. The Morgan fingerprint density at radius 2 is 1.40 bits per heavy atom. The first kappa shape index (κ1) is 26.8. The van der Waals surface area contributed by atoms with Crippen LogP contribution >= 0.6 is 0 Å². The molecular formula is C32H26F3N7. The molecule has 0 aliphatic heterocycles. The third-order valence-corrected chi connectivity index (χ3v) is 6.73. The molecule has 4 aromatic carbocycles. The molecule has 6 aromatic rings. The Morgan fingerprint density at radius 3 is 2.00 bits per heavy atom. The van der Waals surface area contributed by atoms with Crippen LogP contribution in [0.1, 0.15) is 16.7 Å². The molecule has 0 atom stereocenters. The molecule has 7 nitrogen and oxygen atoms in total. The van der Waals surface area contributed by atoms with Gasteiger partial charge in [0.15, 0.2) is 17.0 Å². The summed E-state index contributed by atoms with van der Waals surface area (Å²) >= 11 is 0. The number of nitrogens with one attached hydrogen (secondary N) is 1. The normalized spacial score (nSPS) is 11.5. The molecule has 0 aliphatic carbocycles. The number of hydrogen-bond donors (Lipinski definition) is 2. The monoisotopic (exact) mass is 565 g/mol. The number of nitrogens with two attached hydrogens (primary N) is 1. The summed E-state index contributed by atoms with van der Waals surface area (Å²) in [6, 6.07) is 32.2. The smallest absolute Gasteiger partial charge is 0.399 e. The first-order valence-corrected chi connectivity index (χ1v) is 13.2. The average Bonchev–Trinajstić information content (AvgIpc) is 3.41. The molecule has 0 saturated heterocycles. The van der Waals surface area contributed by atoms with E-state index in [1.54, 1.807) is 12.4 Å². The third-order valence-electron chi connectivity index (χ3n) is 6.73. The van der Waals surface area contributed by atoms with Crippen molar-refractivity contribution >= 4 is 34.3 Å². The minimum absolute atomic E-state index is 0.217. The zero-order chi connectivity index (χ0) is 29.1. The number of imidazole rings is 1. The summed E-state index contributed by atoms with van der Waals surface area (Å²) in [6.07, 6.45) is -2.76. The van der Waals surface area contributed by atoms with Crippen LogP contribution in [0.2, 0.25) is 0 Å². The van der Waals surface area contributed by atoms with Crippen LogP contribution in [0.4, 0.5) is 36.3 Å². The number of hydrogen-bond acceptors (Lipinski definition) is 6. The fourth-order valence-corrected chi connectivity index (χ4v) is 4.71. The fraction of sp³-hybridized carbons (Fsp3) is 0.0938. The van der Waals surface area contributed by atoms with Gasteiger partial charge in [-0.3, -0.25) is 4.57 Å². The molecule has 210 valence electrons. The van der Waals surface area contributed by atoms with Crippen LogP contribution in [0, 0.1) is 0 Å². The Labute approximate surface area is 240 Å². The van der Waals surface area contributed by atoms with E-state index < -0.39 is 11.7 Å². The highest BCUT2D eigenvalue weighted by molar-refractivity contribution is 5.86. The van der Waals surface area contributed by atoms with E-state index in [4.69, 9.17) is 20.7 Å². The van der Waals surface area contributed by atoms with Crippen molar-refractivity contribution in [3.05, 3.63) is 132 Å². The number of alkyl halides is 3. The topological polar surface area (TPSA) is 84.9 Å². The molecule has 3 N–H and O–H groups in total. The number of rotatable bonds is 8. The molecule has 2 aromatic heterocycles. The maximum Gasteiger partial charge on any atom is 0.416 e. The molecular weight excluding hydrogens is 539 g/mol. The molecule has 0 bridgehead atoms. The molecule has 0 fully saturated rings. The van der Waals surface area contributed by atoms with E-state index in [1.165, 1.54) is 12.1 Å². The Morgan fingerprint density at radius 1 is 0.762 bits per heavy atom. The molecule has 0 unspecified atom stereocenters. The standard InChI is InChI=1S/C32H26F3N7/c33-32(34,35)24-14-16-26(17-15-24)38-31-39-29(28-30(40-31)42(21-37-28)27-13-7-12-25(36)18-27)41(19-22-8-3-1-4-9-22)20-23-10-5-2-6-11-23/h1-18,21H,19-20,36H2,(H,38,39,40). The fourth-order valence-electron chi connectivity index (χ4n) is 4.71. The van der Waals surface area contributed by atoms with Crippen LogP contribution in [0.3, 0.4) is 0 Å². The zero-order valence-corrected chi connectivity index (χ0v) is 22.3. The van der Waals surface area contributed by atoms with Crippen LogP contribution in [0.25, 0.3) is 16.9 Å². The van der Waals surface area contributed by atoms with Crippen molar-refractivity contribution in [1.29, 1.82) is 0 Å². The molecule has 6 rings (SSSR count). The third kappa shape index (κ3) is 5.87. The summed E-state index contributed by atoms with van der Waals surface area (Å²) in [4.78, 5) is 16.5. The van der Waals surface area contributed by atoms with E-state index in [0.717, 1.165) is 28.9 Å². The van der Waals surface area contributed by atoms with Crippen LogP contribution in [0.5, 0.6) is 0 Å². The van der Waals surface area contributed by atoms with Gasteiger partial charge in [-0.2, -0.15) is 23.1 Å². The number of anilines is 4. The van der Waals surface area contributed by atoms with E-state index >= 15 is 0 Å². The van der Waals surface area contributed by atoms with Gasteiger partial charge in [-0.05, 0) is 53.6 Å². The SMILES string of the molecule is Nc1cccc(-n2cnc3c(N(Cc4ccccc4)Cc4ccccc4)nc(Nc4ccc(C(F)(F)F)cc4)nc32)c1. The van der Waals surface area contributed by atoms with E-state index in [0.29, 0.717) is 41.4 Å². The summed E-state index contributed by atoms with van der Waals surface area (Å²) in [5.74, 6) is 0.791. The molecule has 0 radical (unpaired) electrons. The minimum atomic E-state index is -4.43. The first-order chi connectivity index (χ1) is 20.3. The van der Waals surface area contributed by atoms with E-state index in [-0.39, 0.29) is 5.95 Å². The van der Waals surface area contributed by atoms with Gasteiger partial charge >= 0.3 is 6.18 Å². The quantitative estimate of drug-likeness (QED) is 0.188. The lowest BCUT2D eigenvalue weighted by Gasteiger charge is -2.25. The number of benzene rings is 4. The predicted octanol–water partition coefficient (Wildman–Crippen LogP) is 7.37. The van der Waals surface area contributed by atoms with Gasteiger partial charge in [0.1, 0.15) is 6.33 Å². The van der Waals surface area contributed by atoms with Gasteiger partial charge in [-0.25, -0.2) is 4.98 Å². The predicted molar refractivity (Wildman–Crippen MR) is 159 cm³/mol. The Bertz CT molecular complexity index is 1760. The number of nitrogens with zero attached hydrogens (tertiary/aromatic N) is 5. The summed E-state index contributed by atoms with van der Waals surface area (Å²) in [5, 5.41) is 3.10. The van der Waals surface area contributed by atoms with Crippen molar-refractivity contribution in [2.75, 3.05) is 16.0 Å². The van der Waals surface area contributed by atoms with Crippen molar-refractivity contribution < 1.29 is 13.2 Å². The molecule has 10 heteroatoms. The van der Waals surface area contributed by atoms with Crippen LogP contribution < -0.4 is 16.0 Å². The Kier molecular flexibility index (Phi) is 7.18. The van der Waals surface area contributed by atoms with Gasteiger partial charge in [0, 0.05) is 24.5 Å². The Balaban J connectivity index is 1.48. The second kappa shape index (κ2) is 11.2. The molecule has 0 amide bonds. The van der Waals surface area contributed by atoms with Gasteiger partial charge in [0.2, 0.25) is 5.95 Å². The molecule has 2 heterocycles. The highest BCUT2D eigenvalue weighted by atomic mass is 19.4. The second-order valence-electron chi connectivity index (χ2n) is 9.78. The van der Waals surface area contributed by atoms with Gasteiger partial charge in [0.05, 0.1) is 11.3 Å². The maximum atomic E-state index is 13.1. The molecule has 0 aliphatic rings. The lowest BCUT2D eigenvalue weighted by Crippen LogP contribution is -2.24. The highest BCUT2D eigenvalue weighted by Gasteiger charge is 2.30. The van der Waals surface area contributed by atoms with E-state index in [2.05, 4.69) is 10.2 Å². The zero-order valence-electron chi connectivity index (χ0n) is 22.3. The highest BCUT2D eigenvalue weighted by Crippen LogP contribution is 2.32. The molecule has 0 saturated carbocycles. The number of aromatic nitrogens is 4. The number of nitrogen functional groups attached to an aromatic ring is 1. The lowest BCUT2D eigenvalue weighted by atomic mass is 10.1. The average molecular weight is 566 g/mol. The van der Waals surface area contributed by atoms with Crippen molar-refractivity contribution in [1.82, 2.24) is 19.5 Å². The summed E-state index contributed by atoms with van der Waals surface area (Å²) in [5.41, 5.74) is 10.3. The van der Waals surface area contributed by atoms with Crippen molar-refractivity contribution in [2.45, 2.75) is 19.3 Å². The molecule has 0 spiro atoms. The summed E-state index contributed by atoms with van der Waals surface area (Å²) < 4.78 is 41.3. The van der Waals surface area contributed by atoms with Crippen molar-refractivity contribution in [3.63, 3.8) is 0 Å². The van der Waals surface area contributed by atoms with Gasteiger partial charge in [-0.1, -0.05) is 66.7 Å². The first-order valence-electron chi connectivity index (χ1n) is 13.2. The Hall–Kier alpha value is -5.38. The summed E-state index contributed by atoms with van der Waals surface area (Å²) in [6.45, 7) is 1.07. The second-order valence-corrected chi connectivity index (χ2v) is 9.78. The lowest BCUT2D eigenvalue weighted by molar-refractivity contribution is -0.137. The van der Waals surface area contributed by atoms with Crippen molar-refractivity contribution in [3.8, 4) is 5.69 Å². The van der Waals surface area contributed by atoms with Crippen LogP contribution in [0.15, 0.2) is 116 Å². The van der Waals surface area contributed by atoms with Gasteiger partial charge < -0.3 is 16.0 Å². The largest absolute Gasteiger partial charge is 0.416 e. The van der Waals surface area contributed by atoms with E-state index in [9.17, 15) is 13.2 Å².